The van der Waals surface area contributed by atoms with E-state index in [1.54, 1.807) is 16.2 Å². The molecule has 1 unspecified atom stereocenters. The van der Waals surface area contributed by atoms with Crippen LogP contribution in [0.15, 0.2) is 108 Å². The van der Waals surface area contributed by atoms with Crippen molar-refractivity contribution in [2.75, 3.05) is 63.6 Å². The number of alkyl halides is 1. The van der Waals surface area contributed by atoms with Gasteiger partial charge in [0.15, 0.2) is 5.82 Å². The Morgan fingerprint density at radius 3 is 2.06 bits per heavy atom. The predicted molar refractivity (Wildman–Crippen MR) is 250 cm³/mol. The summed E-state index contributed by atoms with van der Waals surface area (Å²) in [5.74, 6) is 2.90. The van der Waals surface area contributed by atoms with Crippen LogP contribution in [0.1, 0.15) is 51.2 Å². The standard InChI is InChI=1S/C48H50Cl2N6O7S/c1-32-33(2)64-48-45(32)46(36-9-11-37(50)12-10-36)52-42(47-54-53-34(3)56(47)48)29-43(57)51-21-22-59-23-24-60-25-26-61-27-28-62-39-17-19-41(20-18-39)63-40-15-13-38(14-16-40)55(44(58)30-49)31-35-7-5-4-6-8-35/h4-20,42H,21-31H2,1-3H3,(H,51,57). The lowest BCUT2D eigenvalue weighted by Gasteiger charge is -2.22. The van der Waals surface area contributed by atoms with Crippen molar-refractivity contribution in [2.24, 2.45) is 4.99 Å². The molecule has 1 aliphatic rings. The van der Waals surface area contributed by atoms with Crippen molar-refractivity contribution >= 4 is 57.8 Å². The fourth-order valence-electron chi connectivity index (χ4n) is 7.00. The summed E-state index contributed by atoms with van der Waals surface area (Å²) in [6, 6.07) is 31.5. The first kappa shape index (κ1) is 46.4. The minimum Gasteiger partial charge on any atom is -0.491 e. The average Bonchev–Trinajstić information content (AvgIpc) is 3.79. The van der Waals surface area contributed by atoms with Crippen LogP contribution in [0, 0.1) is 20.8 Å². The fourth-order valence-corrected chi connectivity index (χ4v) is 8.48. The number of hydrogen-bond acceptors (Lipinski definition) is 11. The first-order chi connectivity index (χ1) is 31.2. The van der Waals surface area contributed by atoms with E-state index in [2.05, 4.69) is 29.4 Å². The van der Waals surface area contributed by atoms with Crippen LogP contribution in [-0.4, -0.2) is 91.0 Å². The molecule has 3 heterocycles. The lowest BCUT2D eigenvalue weighted by molar-refractivity contribution is -0.121. The molecule has 0 radical (unpaired) electrons. The summed E-state index contributed by atoms with van der Waals surface area (Å²) in [5.41, 5.74) is 5.62. The highest BCUT2D eigenvalue weighted by Gasteiger charge is 2.32. The molecule has 0 aliphatic carbocycles. The average molecular weight is 926 g/mol. The third-order valence-corrected chi connectivity index (χ3v) is 12.0. The molecule has 1 N–H and O–H groups in total. The summed E-state index contributed by atoms with van der Waals surface area (Å²) in [6.07, 6.45) is 0.103. The van der Waals surface area contributed by atoms with E-state index in [4.69, 9.17) is 51.9 Å². The number of aliphatic imine (C=N–C) groups is 1. The maximum Gasteiger partial charge on any atom is 0.242 e. The van der Waals surface area contributed by atoms with E-state index in [1.165, 1.54) is 4.88 Å². The summed E-state index contributed by atoms with van der Waals surface area (Å²) in [7, 11) is 0. The summed E-state index contributed by atoms with van der Waals surface area (Å²) in [6.45, 7) is 9.60. The molecule has 6 aromatic rings. The van der Waals surface area contributed by atoms with E-state index in [9.17, 15) is 9.59 Å². The third kappa shape index (κ3) is 12.1. The number of fused-ring (bicyclic) bond motifs is 3. The Labute approximate surface area is 386 Å². The number of ether oxygens (including phenoxy) is 5. The van der Waals surface area contributed by atoms with Gasteiger partial charge in [-0.05, 0) is 92.6 Å². The number of thiophene rings is 1. The van der Waals surface area contributed by atoms with Gasteiger partial charge in [0, 0.05) is 33.3 Å². The molecule has 16 heteroatoms. The van der Waals surface area contributed by atoms with Crippen LogP contribution in [0.3, 0.4) is 0 Å². The number of aromatic nitrogens is 3. The van der Waals surface area contributed by atoms with Crippen molar-refractivity contribution in [3.63, 3.8) is 0 Å². The molecule has 4 aromatic carbocycles. The Morgan fingerprint density at radius 2 is 1.39 bits per heavy atom. The summed E-state index contributed by atoms with van der Waals surface area (Å²) in [5, 5.41) is 13.4. The van der Waals surface area contributed by atoms with Crippen molar-refractivity contribution in [2.45, 2.75) is 39.8 Å². The second-order valence-electron chi connectivity index (χ2n) is 14.8. The van der Waals surface area contributed by atoms with Crippen LogP contribution in [-0.2, 0) is 30.3 Å². The zero-order valence-electron chi connectivity index (χ0n) is 35.9. The van der Waals surface area contributed by atoms with Gasteiger partial charge >= 0.3 is 0 Å². The monoisotopic (exact) mass is 924 g/mol. The maximum atomic E-state index is 13.2. The van der Waals surface area contributed by atoms with Gasteiger partial charge in [-0.1, -0.05) is 54.1 Å². The van der Waals surface area contributed by atoms with E-state index >= 15 is 0 Å². The number of rotatable bonds is 22. The summed E-state index contributed by atoms with van der Waals surface area (Å²) in [4.78, 5) is 33.8. The van der Waals surface area contributed by atoms with Crippen molar-refractivity contribution in [1.82, 2.24) is 20.1 Å². The number of carbonyl (C=O) groups excluding carboxylic acids is 2. The second-order valence-corrected chi connectivity index (χ2v) is 16.7. The van der Waals surface area contributed by atoms with Crippen molar-refractivity contribution in [1.29, 1.82) is 0 Å². The Balaban J connectivity index is 0.752. The molecule has 7 rings (SSSR count). The van der Waals surface area contributed by atoms with Crippen molar-refractivity contribution in [3.05, 3.63) is 147 Å². The van der Waals surface area contributed by atoms with Crippen LogP contribution < -0.4 is 19.7 Å². The molecule has 13 nitrogen and oxygen atoms in total. The third-order valence-electron chi connectivity index (χ3n) is 10.4. The molecule has 0 saturated heterocycles. The smallest absolute Gasteiger partial charge is 0.242 e. The van der Waals surface area contributed by atoms with Gasteiger partial charge in [-0.2, -0.15) is 0 Å². The minimum absolute atomic E-state index is 0.103. The number of nitrogens with one attached hydrogen (secondary N) is 1. The summed E-state index contributed by atoms with van der Waals surface area (Å²) >= 11 is 13.8. The van der Waals surface area contributed by atoms with Crippen LogP contribution >= 0.6 is 34.5 Å². The van der Waals surface area contributed by atoms with Crippen LogP contribution in [0.4, 0.5) is 5.69 Å². The first-order valence-corrected chi connectivity index (χ1v) is 22.7. The molecule has 2 amide bonds. The van der Waals surface area contributed by atoms with E-state index in [0.717, 1.165) is 44.5 Å². The number of carbonyl (C=O) groups is 2. The molecular weight excluding hydrogens is 876 g/mol. The van der Waals surface area contributed by atoms with Gasteiger partial charge in [-0.25, -0.2) is 0 Å². The van der Waals surface area contributed by atoms with Gasteiger partial charge in [0.05, 0.1) is 58.3 Å². The molecule has 334 valence electrons. The molecule has 0 bridgehead atoms. The van der Waals surface area contributed by atoms with E-state index in [-0.39, 0.29) is 24.1 Å². The van der Waals surface area contributed by atoms with E-state index < -0.39 is 6.04 Å². The Morgan fingerprint density at radius 1 is 0.766 bits per heavy atom. The Kier molecular flexibility index (Phi) is 16.6. The highest BCUT2D eigenvalue weighted by Crippen LogP contribution is 2.39. The first-order valence-electron chi connectivity index (χ1n) is 21.0. The van der Waals surface area contributed by atoms with Gasteiger partial charge in [0.1, 0.15) is 46.6 Å². The molecule has 0 fully saturated rings. The van der Waals surface area contributed by atoms with Gasteiger partial charge in [-0.3, -0.25) is 19.1 Å². The number of aryl methyl sites for hydroxylation is 2. The number of anilines is 1. The van der Waals surface area contributed by atoms with E-state index in [0.29, 0.717) is 87.4 Å². The molecule has 1 atom stereocenters. The van der Waals surface area contributed by atoms with E-state index in [1.807, 2.05) is 115 Å². The van der Waals surface area contributed by atoms with Gasteiger partial charge in [0.2, 0.25) is 11.8 Å². The quantitative estimate of drug-likeness (QED) is 0.0522. The number of amides is 2. The second kappa shape index (κ2) is 22.8. The van der Waals surface area contributed by atoms with Crippen molar-refractivity contribution < 1.29 is 33.3 Å². The molecule has 2 aromatic heterocycles. The number of hydrogen-bond donors (Lipinski definition) is 1. The van der Waals surface area contributed by atoms with Crippen LogP contribution in [0.25, 0.3) is 5.00 Å². The largest absolute Gasteiger partial charge is 0.491 e. The summed E-state index contributed by atoms with van der Waals surface area (Å²) < 4.78 is 30.8. The lowest BCUT2D eigenvalue weighted by Crippen LogP contribution is -2.31. The van der Waals surface area contributed by atoms with Crippen LogP contribution in [0.2, 0.25) is 5.02 Å². The lowest BCUT2D eigenvalue weighted by atomic mass is 9.99. The maximum absolute atomic E-state index is 13.2. The SMILES string of the molecule is Cc1sc2c(c1C)C(c1ccc(Cl)cc1)=NC(CC(=O)NCCOCCOCCOCCOc1ccc(Oc3ccc(N(Cc4ccccc4)C(=O)CCl)cc3)cc1)c1nnc(C)n1-2. The molecule has 64 heavy (non-hydrogen) atoms. The zero-order valence-corrected chi connectivity index (χ0v) is 38.3. The minimum atomic E-state index is -0.543. The number of nitrogens with zero attached hydrogens (tertiary/aromatic N) is 5. The van der Waals surface area contributed by atoms with Gasteiger partial charge in [0.25, 0.3) is 0 Å². The molecule has 0 spiro atoms. The number of halogens is 2. The van der Waals surface area contributed by atoms with Crippen LogP contribution in [0.5, 0.6) is 17.2 Å². The highest BCUT2D eigenvalue weighted by atomic mass is 35.5. The highest BCUT2D eigenvalue weighted by molar-refractivity contribution is 7.15. The zero-order chi connectivity index (χ0) is 44.8. The topological polar surface area (TPSA) is 139 Å². The van der Waals surface area contributed by atoms with Crippen molar-refractivity contribution in [3.8, 4) is 22.2 Å². The predicted octanol–water partition coefficient (Wildman–Crippen LogP) is 9.00. The Hall–Kier alpha value is -5.61. The fraction of sp³-hybridized carbons (Fsp3) is 0.312. The molecule has 0 saturated carbocycles. The Bertz CT molecular complexity index is 2500. The number of benzene rings is 4. The van der Waals surface area contributed by atoms with Gasteiger partial charge in [-0.15, -0.1) is 33.1 Å². The molecule has 1 aliphatic heterocycles. The molecular formula is C48H50Cl2N6O7S. The normalized spacial score (nSPS) is 13.1. The van der Waals surface area contributed by atoms with Gasteiger partial charge < -0.3 is 33.9 Å².